The summed E-state index contributed by atoms with van der Waals surface area (Å²) in [5, 5.41) is 2.32. The van der Waals surface area contributed by atoms with Crippen LogP contribution in [0.15, 0.2) is 6.07 Å². The number of hydrogen-bond acceptors (Lipinski definition) is 5. The summed E-state index contributed by atoms with van der Waals surface area (Å²) in [4.78, 5) is 3.44. The van der Waals surface area contributed by atoms with E-state index in [1.807, 2.05) is 5.43 Å². The normalized spacial score (nSPS) is 11.4. The van der Waals surface area contributed by atoms with Crippen LogP contribution in [0.4, 0.5) is 33.6 Å². The van der Waals surface area contributed by atoms with E-state index in [9.17, 15) is 22.0 Å². The van der Waals surface area contributed by atoms with Crippen molar-refractivity contribution in [3.63, 3.8) is 0 Å². The van der Waals surface area contributed by atoms with Crippen LogP contribution in [0.2, 0.25) is 0 Å². The lowest BCUT2D eigenvalue weighted by Crippen LogP contribution is -2.15. The Morgan fingerprint density at radius 3 is 2.39 bits per heavy atom. The molecule has 102 valence electrons. The molecule has 0 bridgehead atoms. The van der Waals surface area contributed by atoms with Gasteiger partial charge in [-0.1, -0.05) is 0 Å². The Hall–Kier alpha value is -1.29. The summed E-state index contributed by atoms with van der Waals surface area (Å²) in [7, 11) is 0. The second-order valence-corrected chi connectivity index (χ2v) is 4.17. The van der Waals surface area contributed by atoms with E-state index in [0.29, 0.717) is 6.07 Å². The molecule has 0 amide bonds. The number of nitrogens with zero attached hydrogens (tertiary/aromatic N) is 1. The molecule has 0 spiro atoms. The number of pyridine rings is 1. The first-order valence-corrected chi connectivity index (χ1v) is 5.59. The summed E-state index contributed by atoms with van der Waals surface area (Å²) in [5.41, 5.74) is -2.45. The quantitative estimate of drug-likeness (QED) is 0.336. The maximum Gasteiger partial charge on any atom is 0.441 e. The van der Waals surface area contributed by atoms with Crippen LogP contribution in [0.25, 0.3) is 0 Å². The average molecular weight is 288 g/mol. The number of nitrogen functional groups attached to an aromatic ring is 1. The summed E-state index contributed by atoms with van der Waals surface area (Å²) in [6.45, 7) is -0.177. The van der Waals surface area contributed by atoms with Crippen LogP contribution >= 0.6 is 11.8 Å². The number of hydrogen-bond donors (Lipinski definition) is 3. The third-order valence-corrected chi connectivity index (χ3v) is 2.46. The van der Waals surface area contributed by atoms with Crippen molar-refractivity contribution in [1.82, 2.24) is 4.98 Å². The molecule has 4 nitrogen and oxygen atoms in total. The number of nitrogens with two attached hydrogens (primary N) is 1. The predicted molar refractivity (Wildman–Crippen MR) is 59.0 cm³/mol. The van der Waals surface area contributed by atoms with Gasteiger partial charge in [0, 0.05) is 18.4 Å². The minimum atomic E-state index is -4.35. The molecule has 0 atom stereocenters. The molecule has 0 aromatic carbocycles. The molecule has 10 heteroatoms. The van der Waals surface area contributed by atoms with Crippen molar-refractivity contribution >= 4 is 23.4 Å². The van der Waals surface area contributed by atoms with Crippen LogP contribution in [0.5, 0.6) is 0 Å². The topological polar surface area (TPSA) is 63.0 Å². The molecule has 0 aliphatic rings. The molecule has 0 saturated carbocycles. The van der Waals surface area contributed by atoms with Gasteiger partial charge in [0.25, 0.3) is 0 Å². The van der Waals surface area contributed by atoms with E-state index in [1.165, 1.54) is 0 Å². The Kier molecular flexibility index (Phi) is 4.96. The van der Waals surface area contributed by atoms with E-state index in [2.05, 4.69) is 10.3 Å². The summed E-state index contributed by atoms with van der Waals surface area (Å²) in [6.07, 6.45) is 0. The van der Waals surface area contributed by atoms with Crippen molar-refractivity contribution < 1.29 is 22.0 Å². The van der Waals surface area contributed by atoms with Gasteiger partial charge in [-0.25, -0.2) is 19.6 Å². The van der Waals surface area contributed by atoms with Crippen LogP contribution in [0.3, 0.4) is 0 Å². The number of hydrazine groups is 1. The van der Waals surface area contributed by atoms with Crippen molar-refractivity contribution in [2.75, 3.05) is 23.0 Å². The first-order valence-electron chi connectivity index (χ1n) is 4.60. The Balaban J connectivity index is 2.57. The zero-order chi connectivity index (χ0) is 13.8. The maximum absolute atomic E-state index is 13.2. The fraction of sp³-hybridized carbons (Fsp3) is 0.375. The Bertz CT molecular complexity index is 411. The van der Waals surface area contributed by atoms with Gasteiger partial charge < -0.3 is 10.7 Å². The molecule has 0 saturated heterocycles. The van der Waals surface area contributed by atoms with Crippen LogP contribution in [0.1, 0.15) is 0 Å². The standard InChI is InChI=1S/C8H9F5N4S/c9-4-3-5(10)7(17-14)16-6(4)15-1-2-18-8(11,12)13/h3H,1-2,14H2,(H2,15,16,17). The summed E-state index contributed by atoms with van der Waals surface area (Å²) in [6, 6.07) is 0.529. The van der Waals surface area contributed by atoms with Gasteiger partial charge in [0.2, 0.25) is 0 Å². The van der Waals surface area contributed by atoms with Crippen LogP contribution in [-0.2, 0) is 0 Å². The van der Waals surface area contributed by atoms with Crippen LogP contribution < -0.4 is 16.6 Å². The second-order valence-electron chi connectivity index (χ2n) is 3.01. The lowest BCUT2D eigenvalue weighted by molar-refractivity contribution is -0.0327. The van der Waals surface area contributed by atoms with Gasteiger partial charge in [-0.2, -0.15) is 13.2 Å². The fourth-order valence-electron chi connectivity index (χ4n) is 1.03. The number of aromatic nitrogens is 1. The Morgan fingerprint density at radius 2 is 1.83 bits per heavy atom. The van der Waals surface area contributed by atoms with Crippen LogP contribution in [0, 0.1) is 11.6 Å². The van der Waals surface area contributed by atoms with E-state index < -0.39 is 23.0 Å². The highest BCUT2D eigenvalue weighted by atomic mass is 32.2. The second kappa shape index (κ2) is 6.05. The Morgan fingerprint density at radius 1 is 1.22 bits per heavy atom. The van der Waals surface area contributed by atoms with E-state index in [0.717, 1.165) is 0 Å². The fourth-order valence-corrected chi connectivity index (χ4v) is 1.46. The minimum absolute atomic E-state index is 0.177. The molecule has 0 unspecified atom stereocenters. The molecule has 1 aromatic rings. The number of anilines is 2. The lowest BCUT2D eigenvalue weighted by Gasteiger charge is -2.10. The molecule has 1 heterocycles. The molecular weight excluding hydrogens is 279 g/mol. The molecule has 1 aromatic heterocycles. The van der Waals surface area contributed by atoms with E-state index in [4.69, 9.17) is 5.84 Å². The lowest BCUT2D eigenvalue weighted by atomic mass is 10.4. The summed E-state index contributed by atoms with van der Waals surface area (Å²) in [5.74, 6) is 1.83. The first kappa shape index (κ1) is 14.8. The van der Waals surface area contributed by atoms with Gasteiger partial charge in [0.15, 0.2) is 23.3 Å². The molecule has 0 aliphatic carbocycles. The highest BCUT2D eigenvalue weighted by Crippen LogP contribution is 2.29. The third kappa shape index (κ3) is 4.53. The zero-order valence-electron chi connectivity index (χ0n) is 8.81. The van der Waals surface area contributed by atoms with E-state index >= 15 is 0 Å². The van der Waals surface area contributed by atoms with Gasteiger partial charge in [-0.05, 0) is 11.8 Å². The van der Waals surface area contributed by atoms with Crippen molar-refractivity contribution in [1.29, 1.82) is 0 Å². The Labute approximate surface area is 103 Å². The number of nitrogens with one attached hydrogen (secondary N) is 2. The summed E-state index contributed by atoms with van der Waals surface area (Å²) < 4.78 is 61.5. The molecule has 18 heavy (non-hydrogen) atoms. The summed E-state index contributed by atoms with van der Waals surface area (Å²) >= 11 is -0.255. The first-order chi connectivity index (χ1) is 8.33. The number of thioether (sulfide) groups is 1. The van der Waals surface area contributed by atoms with Gasteiger partial charge in [-0.3, -0.25) is 0 Å². The molecule has 0 aliphatic heterocycles. The monoisotopic (exact) mass is 288 g/mol. The zero-order valence-corrected chi connectivity index (χ0v) is 9.63. The predicted octanol–water partition coefficient (Wildman–Crippen LogP) is 2.31. The molecule has 0 fully saturated rings. The van der Waals surface area contributed by atoms with Crippen molar-refractivity contribution in [2.24, 2.45) is 5.84 Å². The highest BCUT2D eigenvalue weighted by Gasteiger charge is 2.27. The molecule has 4 N–H and O–H groups in total. The molecule has 0 radical (unpaired) electrons. The number of alkyl halides is 3. The van der Waals surface area contributed by atoms with Gasteiger partial charge in [0.1, 0.15) is 0 Å². The van der Waals surface area contributed by atoms with Gasteiger partial charge in [0.05, 0.1) is 0 Å². The third-order valence-electron chi connectivity index (χ3n) is 1.73. The molecular formula is C8H9F5N4S. The number of halogens is 5. The maximum atomic E-state index is 13.2. The van der Waals surface area contributed by atoms with Gasteiger partial charge >= 0.3 is 5.51 Å². The van der Waals surface area contributed by atoms with E-state index in [1.54, 1.807) is 0 Å². The van der Waals surface area contributed by atoms with Crippen LogP contribution in [-0.4, -0.2) is 22.8 Å². The van der Waals surface area contributed by atoms with Crippen molar-refractivity contribution in [2.45, 2.75) is 5.51 Å². The van der Waals surface area contributed by atoms with Crippen molar-refractivity contribution in [3.8, 4) is 0 Å². The minimum Gasteiger partial charge on any atom is -0.367 e. The SMILES string of the molecule is NNc1nc(NCCSC(F)(F)F)c(F)cc1F. The molecule has 1 rings (SSSR count). The van der Waals surface area contributed by atoms with Gasteiger partial charge in [-0.15, -0.1) is 0 Å². The largest absolute Gasteiger partial charge is 0.441 e. The van der Waals surface area contributed by atoms with E-state index in [-0.39, 0.29) is 29.9 Å². The average Bonchev–Trinajstić information content (AvgIpc) is 2.25. The van der Waals surface area contributed by atoms with Crippen molar-refractivity contribution in [3.05, 3.63) is 17.7 Å². The number of rotatable bonds is 5. The smallest absolute Gasteiger partial charge is 0.367 e. The highest BCUT2D eigenvalue weighted by molar-refractivity contribution is 8.00.